The molecule has 0 spiro atoms. The van der Waals surface area contributed by atoms with Crippen molar-refractivity contribution in [1.29, 1.82) is 0 Å². The molecule has 0 saturated carbocycles. The predicted octanol–water partition coefficient (Wildman–Crippen LogP) is 3.99. The van der Waals surface area contributed by atoms with Gasteiger partial charge in [0.25, 0.3) is 5.91 Å². The fourth-order valence-electron chi connectivity index (χ4n) is 2.24. The molecular weight excluding hydrogens is 347 g/mol. The van der Waals surface area contributed by atoms with Crippen LogP contribution in [0.25, 0.3) is 11.4 Å². The smallest absolute Gasteiger partial charge is 0.343 e. The topological polar surface area (TPSA) is 68.0 Å². The van der Waals surface area contributed by atoms with Crippen molar-refractivity contribution in [2.75, 3.05) is 0 Å². The van der Waals surface area contributed by atoms with E-state index in [9.17, 15) is 18.0 Å². The van der Waals surface area contributed by atoms with Gasteiger partial charge < -0.3 is 9.84 Å². The summed E-state index contributed by atoms with van der Waals surface area (Å²) in [6.07, 6.45) is -4.45. The van der Waals surface area contributed by atoms with Gasteiger partial charge in [-0.3, -0.25) is 4.79 Å². The van der Waals surface area contributed by atoms with E-state index < -0.39 is 11.7 Å². The fourth-order valence-corrected chi connectivity index (χ4v) is 2.24. The van der Waals surface area contributed by atoms with Crippen molar-refractivity contribution in [3.63, 3.8) is 0 Å². The van der Waals surface area contributed by atoms with Crippen molar-refractivity contribution < 1.29 is 22.5 Å². The summed E-state index contributed by atoms with van der Waals surface area (Å²) in [7, 11) is 0. The lowest BCUT2D eigenvalue weighted by Gasteiger charge is -2.06. The second kappa shape index (κ2) is 6.99. The van der Waals surface area contributed by atoms with E-state index in [0.717, 1.165) is 17.7 Å². The van der Waals surface area contributed by atoms with Crippen LogP contribution >= 0.6 is 0 Å². The molecule has 3 rings (SSSR count). The number of benzene rings is 2. The molecule has 0 aliphatic heterocycles. The average molecular weight is 361 g/mol. The highest BCUT2D eigenvalue weighted by atomic mass is 19.4. The summed E-state index contributed by atoms with van der Waals surface area (Å²) < 4.78 is 43.3. The third-order valence-electron chi connectivity index (χ3n) is 3.63. The first kappa shape index (κ1) is 17.7. The minimum Gasteiger partial charge on any atom is -0.343 e. The summed E-state index contributed by atoms with van der Waals surface area (Å²) in [6.45, 7) is 1.88. The van der Waals surface area contributed by atoms with Crippen molar-refractivity contribution in [3.8, 4) is 11.4 Å². The lowest BCUT2D eigenvalue weighted by Crippen LogP contribution is -2.22. The second-order valence-corrected chi connectivity index (χ2v) is 5.64. The molecule has 2 aromatic carbocycles. The molecular formula is C18H14F3N3O2. The summed E-state index contributed by atoms with van der Waals surface area (Å²) in [5, 5.41) is 6.29. The molecule has 1 N–H and O–H groups in total. The van der Waals surface area contributed by atoms with Gasteiger partial charge in [0.2, 0.25) is 11.7 Å². The van der Waals surface area contributed by atoms with E-state index in [0.29, 0.717) is 5.56 Å². The Kier molecular flexibility index (Phi) is 4.75. The Hall–Kier alpha value is -3.16. The van der Waals surface area contributed by atoms with E-state index in [1.54, 1.807) is 12.1 Å². The predicted molar refractivity (Wildman–Crippen MR) is 87.1 cm³/mol. The minimum absolute atomic E-state index is 0.0238. The molecule has 0 radical (unpaired) electrons. The van der Waals surface area contributed by atoms with Crippen LogP contribution in [-0.4, -0.2) is 16.0 Å². The SMILES string of the molecule is Cc1ccc(C(=O)NCc2nc(-c3cccc(C(F)(F)F)c3)no2)cc1. The number of aryl methyl sites for hydroxylation is 1. The van der Waals surface area contributed by atoms with Gasteiger partial charge in [0.1, 0.15) is 0 Å². The van der Waals surface area contributed by atoms with E-state index in [1.807, 2.05) is 19.1 Å². The number of nitrogens with zero attached hydrogens (tertiary/aromatic N) is 2. The van der Waals surface area contributed by atoms with Crippen molar-refractivity contribution in [1.82, 2.24) is 15.5 Å². The van der Waals surface area contributed by atoms with Crippen LogP contribution in [0, 0.1) is 6.92 Å². The van der Waals surface area contributed by atoms with Gasteiger partial charge in [-0.15, -0.1) is 0 Å². The van der Waals surface area contributed by atoms with Gasteiger partial charge in [-0.1, -0.05) is 35.0 Å². The molecule has 26 heavy (non-hydrogen) atoms. The Morgan fingerprint density at radius 1 is 1.15 bits per heavy atom. The van der Waals surface area contributed by atoms with E-state index in [4.69, 9.17) is 4.52 Å². The van der Waals surface area contributed by atoms with E-state index in [1.165, 1.54) is 12.1 Å². The molecule has 0 unspecified atom stereocenters. The van der Waals surface area contributed by atoms with Gasteiger partial charge in [0.15, 0.2) is 0 Å². The summed E-state index contributed by atoms with van der Waals surface area (Å²) in [5.41, 5.74) is 0.895. The van der Waals surface area contributed by atoms with Crippen molar-refractivity contribution in [2.24, 2.45) is 0 Å². The number of nitrogens with one attached hydrogen (secondary N) is 1. The highest BCUT2D eigenvalue weighted by molar-refractivity contribution is 5.94. The number of rotatable bonds is 4. The molecule has 0 aliphatic rings. The van der Waals surface area contributed by atoms with Gasteiger partial charge in [-0.2, -0.15) is 18.2 Å². The summed E-state index contributed by atoms with van der Waals surface area (Å²) >= 11 is 0. The lowest BCUT2D eigenvalue weighted by atomic mass is 10.1. The highest BCUT2D eigenvalue weighted by Crippen LogP contribution is 2.31. The number of hydrogen-bond acceptors (Lipinski definition) is 4. The number of hydrogen-bond donors (Lipinski definition) is 1. The molecule has 3 aromatic rings. The third-order valence-corrected chi connectivity index (χ3v) is 3.63. The number of carbonyl (C=O) groups excluding carboxylic acids is 1. The molecule has 0 saturated heterocycles. The summed E-state index contributed by atoms with van der Waals surface area (Å²) in [4.78, 5) is 16.1. The molecule has 8 heteroatoms. The Morgan fingerprint density at radius 2 is 1.88 bits per heavy atom. The standard InChI is InChI=1S/C18H14F3N3O2/c1-11-5-7-12(8-6-11)17(25)22-10-15-23-16(24-26-15)13-3-2-4-14(9-13)18(19,20)21/h2-9H,10H2,1H3,(H,22,25). The zero-order chi connectivity index (χ0) is 18.7. The van der Waals surface area contributed by atoms with Crippen LogP contribution in [0.15, 0.2) is 53.1 Å². The number of aromatic nitrogens is 2. The molecule has 1 heterocycles. The zero-order valence-corrected chi connectivity index (χ0v) is 13.7. The number of carbonyl (C=O) groups is 1. The van der Waals surface area contributed by atoms with Crippen LogP contribution in [0.3, 0.4) is 0 Å². The molecule has 134 valence electrons. The maximum atomic E-state index is 12.8. The first-order chi connectivity index (χ1) is 12.3. The van der Waals surface area contributed by atoms with Crippen LogP contribution in [0.1, 0.15) is 27.4 Å². The maximum absolute atomic E-state index is 12.8. The van der Waals surface area contributed by atoms with E-state index >= 15 is 0 Å². The molecule has 5 nitrogen and oxygen atoms in total. The first-order valence-corrected chi connectivity index (χ1v) is 7.68. The van der Waals surface area contributed by atoms with Crippen LogP contribution in [0.2, 0.25) is 0 Å². The van der Waals surface area contributed by atoms with Crippen LogP contribution in [0.5, 0.6) is 0 Å². The van der Waals surface area contributed by atoms with Crippen LogP contribution < -0.4 is 5.32 Å². The van der Waals surface area contributed by atoms with Crippen molar-refractivity contribution >= 4 is 5.91 Å². The fraction of sp³-hybridized carbons (Fsp3) is 0.167. The van der Waals surface area contributed by atoms with Gasteiger partial charge in [-0.25, -0.2) is 0 Å². The number of alkyl halides is 3. The summed E-state index contributed by atoms with van der Waals surface area (Å²) in [6, 6.07) is 11.6. The van der Waals surface area contributed by atoms with Gasteiger partial charge in [0.05, 0.1) is 12.1 Å². The minimum atomic E-state index is -4.45. The maximum Gasteiger partial charge on any atom is 0.416 e. The molecule has 0 aliphatic carbocycles. The Bertz CT molecular complexity index is 918. The lowest BCUT2D eigenvalue weighted by molar-refractivity contribution is -0.137. The Morgan fingerprint density at radius 3 is 2.58 bits per heavy atom. The molecule has 1 amide bonds. The molecule has 0 atom stereocenters. The largest absolute Gasteiger partial charge is 0.416 e. The molecule has 1 aromatic heterocycles. The first-order valence-electron chi connectivity index (χ1n) is 7.68. The van der Waals surface area contributed by atoms with Gasteiger partial charge >= 0.3 is 6.18 Å². The zero-order valence-electron chi connectivity index (χ0n) is 13.7. The van der Waals surface area contributed by atoms with E-state index in [-0.39, 0.29) is 29.7 Å². The second-order valence-electron chi connectivity index (χ2n) is 5.64. The summed E-state index contributed by atoms with van der Waals surface area (Å²) in [5.74, 6) is -0.197. The van der Waals surface area contributed by atoms with Crippen LogP contribution in [-0.2, 0) is 12.7 Å². The number of halogens is 3. The molecule has 0 fully saturated rings. The monoisotopic (exact) mass is 361 g/mol. The van der Waals surface area contributed by atoms with E-state index in [2.05, 4.69) is 15.5 Å². The quantitative estimate of drug-likeness (QED) is 0.763. The van der Waals surface area contributed by atoms with Gasteiger partial charge in [-0.05, 0) is 31.2 Å². The normalized spacial score (nSPS) is 11.4. The van der Waals surface area contributed by atoms with Crippen molar-refractivity contribution in [3.05, 3.63) is 71.1 Å². The average Bonchev–Trinajstić information content (AvgIpc) is 3.09. The highest BCUT2D eigenvalue weighted by Gasteiger charge is 2.30. The van der Waals surface area contributed by atoms with Crippen LogP contribution in [0.4, 0.5) is 13.2 Å². The molecule has 0 bridgehead atoms. The third kappa shape index (κ3) is 4.08. The Labute approximate surface area is 146 Å². The van der Waals surface area contributed by atoms with Crippen molar-refractivity contribution in [2.45, 2.75) is 19.6 Å². The Balaban J connectivity index is 1.68. The van der Waals surface area contributed by atoms with Gasteiger partial charge in [0, 0.05) is 11.1 Å². The number of amides is 1.